The molecule has 0 saturated carbocycles. The van der Waals surface area contributed by atoms with Crippen LogP contribution in [-0.2, 0) is 0 Å². The van der Waals surface area contributed by atoms with Gasteiger partial charge in [-0.2, -0.15) is 0 Å². The fourth-order valence-electron chi connectivity index (χ4n) is 1.99. The van der Waals surface area contributed by atoms with Crippen LogP contribution in [0.4, 0.5) is 4.39 Å². The lowest BCUT2D eigenvalue weighted by molar-refractivity contribution is 0.599. The summed E-state index contributed by atoms with van der Waals surface area (Å²) in [5.74, 6) is -0.0509. The number of rotatable bonds is 2. The molecular weight excluding hydrogens is 359 g/mol. The maximum Gasteiger partial charge on any atom is 0.127 e. The number of benzene rings is 2. The smallest absolute Gasteiger partial charge is 0.127 e. The van der Waals surface area contributed by atoms with Crippen molar-refractivity contribution in [3.8, 4) is 11.1 Å². The highest BCUT2D eigenvalue weighted by atomic mass is 79.9. The Balaban J connectivity index is 2.67. The molecule has 0 bridgehead atoms. The Labute approximate surface area is 123 Å². The Hall–Kier alpha value is -0.670. The summed E-state index contributed by atoms with van der Waals surface area (Å²) in [7, 11) is 0. The Morgan fingerprint density at radius 2 is 1.72 bits per heavy atom. The van der Waals surface area contributed by atoms with Gasteiger partial charge in [-0.05, 0) is 52.9 Å². The number of halogens is 3. The van der Waals surface area contributed by atoms with Crippen molar-refractivity contribution in [2.45, 2.75) is 19.8 Å². The Kier molecular flexibility index (Phi) is 4.23. The second-order valence-corrected chi connectivity index (χ2v) is 6.26. The first kappa shape index (κ1) is 13.8. The van der Waals surface area contributed by atoms with Crippen LogP contribution in [-0.4, -0.2) is 0 Å². The lowest BCUT2D eigenvalue weighted by Gasteiger charge is -2.14. The molecule has 0 N–H and O–H groups in total. The van der Waals surface area contributed by atoms with Crippen LogP contribution in [0.1, 0.15) is 25.3 Å². The van der Waals surface area contributed by atoms with Gasteiger partial charge in [-0.1, -0.05) is 51.8 Å². The average molecular weight is 371 g/mol. The van der Waals surface area contributed by atoms with E-state index in [2.05, 4.69) is 37.9 Å². The first-order valence-corrected chi connectivity index (χ1v) is 7.24. The van der Waals surface area contributed by atoms with Crippen LogP contribution < -0.4 is 0 Å². The summed E-state index contributed by atoms with van der Waals surface area (Å²) < 4.78 is 15.9. The highest BCUT2D eigenvalue weighted by Crippen LogP contribution is 2.34. The fourth-order valence-corrected chi connectivity index (χ4v) is 3.28. The summed E-state index contributed by atoms with van der Waals surface area (Å²) in [4.78, 5) is 0. The van der Waals surface area contributed by atoms with Crippen molar-refractivity contribution in [3.63, 3.8) is 0 Å². The fraction of sp³-hybridized carbons (Fsp3) is 0.200. The van der Waals surface area contributed by atoms with Crippen molar-refractivity contribution in [1.29, 1.82) is 0 Å². The van der Waals surface area contributed by atoms with E-state index in [0.29, 0.717) is 5.56 Å². The van der Waals surface area contributed by atoms with E-state index < -0.39 is 0 Å². The van der Waals surface area contributed by atoms with Gasteiger partial charge in [0.2, 0.25) is 0 Å². The molecule has 18 heavy (non-hydrogen) atoms. The summed E-state index contributed by atoms with van der Waals surface area (Å²) in [5.41, 5.74) is 2.49. The monoisotopic (exact) mass is 369 g/mol. The molecule has 3 heteroatoms. The van der Waals surface area contributed by atoms with E-state index in [1.165, 1.54) is 6.07 Å². The van der Waals surface area contributed by atoms with Gasteiger partial charge >= 0.3 is 0 Å². The van der Waals surface area contributed by atoms with Gasteiger partial charge in [0.05, 0.1) is 0 Å². The molecule has 0 amide bonds. The normalized spacial score (nSPS) is 11.0. The third kappa shape index (κ3) is 2.83. The zero-order valence-corrected chi connectivity index (χ0v) is 13.3. The van der Waals surface area contributed by atoms with Gasteiger partial charge < -0.3 is 0 Å². The minimum absolute atomic E-state index is 0.121. The Morgan fingerprint density at radius 1 is 1.11 bits per heavy atom. The van der Waals surface area contributed by atoms with E-state index in [1.807, 2.05) is 32.0 Å². The Bertz CT molecular complexity index is 556. The molecule has 0 saturated heterocycles. The molecule has 2 rings (SSSR count). The molecule has 0 fully saturated rings. The topological polar surface area (TPSA) is 0 Å². The summed E-state index contributed by atoms with van der Waals surface area (Å²) in [5, 5.41) is 0. The van der Waals surface area contributed by atoms with E-state index in [0.717, 1.165) is 20.1 Å². The van der Waals surface area contributed by atoms with Gasteiger partial charge in [0.1, 0.15) is 5.82 Å². The quantitative estimate of drug-likeness (QED) is 0.613. The molecule has 0 aromatic heterocycles. The van der Waals surface area contributed by atoms with Crippen LogP contribution in [0.2, 0.25) is 0 Å². The SMILES string of the molecule is CC(C)c1c(-c2cc(Br)cc(Br)c2)[c]ccc1F. The van der Waals surface area contributed by atoms with E-state index in [-0.39, 0.29) is 11.7 Å². The zero-order valence-electron chi connectivity index (χ0n) is 10.1. The van der Waals surface area contributed by atoms with Crippen molar-refractivity contribution >= 4 is 31.9 Å². The third-order valence-electron chi connectivity index (χ3n) is 2.71. The molecule has 0 spiro atoms. The van der Waals surface area contributed by atoms with E-state index in [9.17, 15) is 4.39 Å². The predicted molar refractivity (Wildman–Crippen MR) is 80.2 cm³/mol. The summed E-state index contributed by atoms with van der Waals surface area (Å²) >= 11 is 6.91. The van der Waals surface area contributed by atoms with Gasteiger partial charge in [0.15, 0.2) is 0 Å². The molecule has 0 heterocycles. The van der Waals surface area contributed by atoms with Gasteiger partial charge in [0.25, 0.3) is 0 Å². The van der Waals surface area contributed by atoms with Crippen LogP contribution in [0, 0.1) is 11.9 Å². The first-order chi connectivity index (χ1) is 8.49. The molecule has 2 aromatic rings. The average Bonchev–Trinajstić information content (AvgIpc) is 2.26. The van der Waals surface area contributed by atoms with E-state index in [4.69, 9.17) is 0 Å². The van der Waals surface area contributed by atoms with Crippen LogP contribution in [0.25, 0.3) is 11.1 Å². The maximum atomic E-state index is 13.9. The van der Waals surface area contributed by atoms with Crippen LogP contribution in [0.3, 0.4) is 0 Å². The third-order valence-corrected chi connectivity index (χ3v) is 3.63. The molecule has 93 valence electrons. The summed E-state index contributed by atoms with van der Waals surface area (Å²) in [6.07, 6.45) is 0. The lowest BCUT2D eigenvalue weighted by atomic mass is 9.92. The molecular formula is C15H12Br2F. The van der Waals surface area contributed by atoms with Gasteiger partial charge in [-0.15, -0.1) is 0 Å². The maximum absolute atomic E-state index is 13.9. The second-order valence-electron chi connectivity index (χ2n) is 4.43. The molecule has 1 radical (unpaired) electrons. The van der Waals surface area contributed by atoms with Crippen molar-refractivity contribution in [2.24, 2.45) is 0 Å². The van der Waals surface area contributed by atoms with Gasteiger partial charge in [0, 0.05) is 8.95 Å². The summed E-state index contributed by atoms with van der Waals surface area (Å²) in [6.45, 7) is 3.98. The molecule has 0 aliphatic carbocycles. The zero-order chi connectivity index (χ0) is 13.3. The van der Waals surface area contributed by atoms with Crippen molar-refractivity contribution < 1.29 is 4.39 Å². The summed E-state index contributed by atoms with van der Waals surface area (Å²) in [6, 6.07) is 12.1. The molecule has 0 aliphatic heterocycles. The van der Waals surface area contributed by atoms with Crippen LogP contribution in [0.15, 0.2) is 39.3 Å². The number of hydrogen-bond donors (Lipinski definition) is 0. The highest BCUT2D eigenvalue weighted by Gasteiger charge is 2.14. The number of hydrogen-bond acceptors (Lipinski definition) is 0. The molecule has 0 nitrogen and oxygen atoms in total. The van der Waals surface area contributed by atoms with Crippen molar-refractivity contribution in [1.82, 2.24) is 0 Å². The van der Waals surface area contributed by atoms with E-state index >= 15 is 0 Å². The standard InChI is InChI=1S/C15H12Br2F/c1-9(2)15-13(4-3-5-14(15)18)10-6-11(16)8-12(17)7-10/h3,5-9H,1-2H3. The minimum Gasteiger partial charge on any atom is -0.207 e. The van der Waals surface area contributed by atoms with E-state index in [1.54, 1.807) is 6.07 Å². The van der Waals surface area contributed by atoms with Crippen molar-refractivity contribution in [3.05, 3.63) is 56.7 Å². The lowest BCUT2D eigenvalue weighted by Crippen LogP contribution is -1.97. The second kappa shape index (κ2) is 5.54. The van der Waals surface area contributed by atoms with Crippen molar-refractivity contribution in [2.75, 3.05) is 0 Å². The van der Waals surface area contributed by atoms with Gasteiger partial charge in [-0.3, -0.25) is 0 Å². The largest absolute Gasteiger partial charge is 0.207 e. The Morgan fingerprint density at radius 3 is 2.28 bits per heavy atom. The predicted octanol–water partition coefficient (Wildman–Crippen LogP) is 5.94. The molecule has 0 atom stereocenters. The molecule has 0 unspecified atom stereocenters. The highest BCUT2D eigenvalue weighted by molar-refractivity contribution is 9.11. The van der Waals surface area contributed by atoms with Gasteiger partial charge in [-0.25, -0.2) is 4.39 Å². The minimum atomic E-state index is -0.171. The first-order valence-electron chi connectivity index (χ1n) is 5.65. The van der Waals surface area contributed by atoms with Crippen LogP contribution in [0.5, 0.6) is 0 Å². The molecule has 0 aliphatic rings. The molecule has 2 aromatic carbocycles. The van der Waals surface area contributed by atoms with Crippen LogP contribution >= 0.6 is 31.9 Å².